The zero-order valence-corrected chi connectivity index (χ0v) is 13.9. The Morgan fingerprint density at radius 2 is 1.58 bits per heavy atom. The van der Waals surface area contributed by atoms with Crippen LogP contribution in [0.5, 0.6) is 5.75 Å². The van der Waals surface area contributed by atoms with E-state index >= 15 is 0 Å². The van der Waals surface area contributed by atoms with Gasteiger partial charge in [-0.15, -0.1) is 0 Å². The fourth-order valence-corrected chi connectivity index (χ4v) is 2.50. The Bertz CT molecular complexity index is 642. The van der Waals surface area contributed by atoms with Gasteiger partial charge in [0.2, 0.25) is 0 Å². The molecule has 0 spiro atoms. The summed E-state index contributed by atoms with van der Waals surface area (Å²) in [4.78, 5) is 12.6. The highest BCUT2D eigenvalue weighted by atomic mass is 16.6. The number of benzene rings is 2. The van der Waals surface area contributed by atoms with Crippen LogP contribution in [-0.2, 0) is 13.1 Å². The summed E-state index contributed by atoms with van der Waals surface area (Å²) in [6.07, 6.45) is 0.906. The Kier molecular flexibility index (Phi) is 6.72. The highest BCUT2D eigenvalue weighted by molar-refractivity contribution is 5.33. The maximum Gasteiger partial charge on any atom is 0.269 e. The molecule has 0 bridgehead atoms. The summed E-state index contributed by atoms with van der Waals surface area (Å²) >= 11 is 0. The van der Waals surface area contributed by atoms with E-state index in [0.717, 1.165) is 37.4 Å². The summed E-state index contributed by atoms with van der Waals surface area (Å²) in [5.41, 5.74) is 7.99. The molecule has 0 unspecified atom stereocenters. The van der Waals surface area contributed by atoms with Crippen molar-refractivity contribution < 1.29 is 9.66 Å². The Morgan fingerprint density at radius 1 is 1.04 bits per heavy atom. The molecule has 2 aromatic rings. The minimum Gasteiger partial charge on any atom is -0.497 e. The fourth-order valence-electron chi connectivity index (χ4n) is 2.50. The Hall–Kier alpha value is -2.44. The van der Waals surface area contributed by atoms with Crippen molar-refractivity contribution in [2.75, 3.05) is 20.2 Å². The van der Waals surface area contributed by atoms with Gasteiger partial charge in [0, 0.05) is 31.8 Å². The number of ether oxygens (including phenoxy) is 1. The van der Waals surface area contributed by atoms with Crippen LogP contribution >= 0.6 is 0 Å². The van der Waals surface area contributed by atoms with E-state index in [1.165, 1.54) is 5.56 Å². The van der Waals surface area contributed by atoms with Gasteiger partial charge in [-0.25, -0.2) is 0 Å². The summed E-state index contributed by atoms with van der Waals surface area (Å²) in [5.74, 6) is 0.836. The summed E-state index contributed by atoms with van der Waals surface area (Å²) in [6.45, 7) is 3.03. The van der Waals surface area contributed by atoms with Crippen LogP contribution in [0.2, 0.25) is 0 Å². The second kappa shape index (κ2) is 9.00. The monoisotopic (exact) mass is 329 g/mol. The van der Waals surface area contributed by atoms with Crippen LogP contribution in [0.15, 0.2) is 48.5 Å². The number of nitrogens with two attached hydrogens (primary N) is 1. The average Bonchev–Trinajstić information content (AvgIpc) is 2.60. The molecule has 6 heteroatoms. The third-order valence-electron chi connectivity index (χ3n) is 3.80. The van der Waals surface area contributed by atoms with E-state index in [1.54, 1.807) is 19.2 Å². The second-order valence-corrected chi connectivity index (χ2v) is 5.62. The molecule has 6 nitrogen and oxygen atoms in total. The van der Waals surface area contributed by atoms with E-state index in [-0.39, 0.29) is 10.6 Å². The highest BCUT2D eigenvalue weighted by Crippen LogP contribution is 2.17. The molecule has 0 aliphatic carbocycles. The molecular weight excluding hydrogens is 306 g/mol. The van der Waals surface area contributed by atoms with Crippen molar-refractivity contribution in [1.82, 2.24) is 4.90 Å². The molecule has 2 aromatic carbocycles. The third kappa shape index (κ3) is 5.33. The number of rotatable bonds is 9. The molecule has 0 radical (unpaired) electrons. The number of nitrogens with zero attached hydrogens (tertiary/aromatic N) is 2. The van der Waals surface area contributed by atoms with Gasteiger partial charge in [-0.2, -0.15) is 0 Å². The predicted octanol–water partition coefficient (Wildman–Crippen LogP) is 2.95. The van der Waals surface area contributed by atoms with Gasteiger partial charge in [0.1, 0.15) is 5.75 Å². The lowest BCUT2D eigenvalue weighted by molar-refractivity contribution is -0.384. The highest BCUT2D eigenvalue weighted by Gasteiger charge is 2.09. The van der Waals surface area contributed by atoms with Gasteiger partial charge < -0.3 is 10.5 Å². The molecule has 0 aliphatic rings. The Balaban J connectivity index is 2.04. The zero-order chi connectivity index (χ0) is 17.4. The van der Waals surface area contributed by atoms with E-state index in [1.807, 2.05) is 36.4 Å². The minimum atomic E-state index is -0.382. The fraction of sp³-hybridized carbons (Fsp3) is 0.333. The molecule has 0 heterocycles. The number of nitro groups is 1. The summed E-state index contributed by atoms with van der Waals surface area (Å²) in [5, 5.41) is 10.7. The minimum absolute atomic E-state index is 0.113. The molecule has 24 heavy (non-hydrogen) atoms. The van der Waals surface area contributed by atoms with Gasteiger partial charge in [-0.05, 0) is 36.2 Å². The number of hydrogen-bond acceptors (Lipinski definition) is 5. The first kappa shape index (κ1) is 17.9. The lowest BCUT2D eigenvalue weighted by atomic mass is 10.1. The third-order valence-corrected chi connectivity index (χ3v) is 3.80. The summed E-state index contributed by atoms with van der Waals surface area (Å²) < 4.78 is 5.18. The lowest BCUT2D eigenvalue weighted by Gasteiger charge is -2.22. The number of nitro benzene ring substituents is 1. The van der Waals surface area contributed by atoms with E-state index in [4.69, 9.17) is 10.5 Å². The van der Waals surface area contributed by atoms with Crippen molar-refractivity contribution in [1.29, 1.82) is 0 Å². The molecule has 0 aliphatic heterocycles. The maximum absolute atomic E-state index is 10.7. The van der Waals surface area contributed by atoms with Crippen molar-refractivity contribution in [3.8, 4) is 5.75 Å². The molecule has 0 atom stereocenters. The van der Waals surface area contributed by atoms with Gasteiger partial charge >= 0.3 is 0 Å². The number of methoxy groups -OCH3 is 1. The van der Waals surface area contributed by atoms with Gasteiger partial charge in [-0.3, -0.25) is 15.0 Å². The molecule has 128 valence electrons. The smallest absolute Gasteiger partial charge is 0.269 e. The molecule has 0 saturated carbocycles. The SMILES string of the molecule is COc1ccc(CN(CCCN)Cc2ccc([N+](=O)[O-])cc2)cc1. The van der Waals surface area contributed by atoms with Crippen molar-refractivity contribution in [2.24, 2.45) is 5.73 Å². The predicted molar refractivity (Wildman–Crippen MR) is 93.9 cm³/mol. The Morgan fingerprint density at radius 3 is 2.04 bits per heavy atom. The first-order chi connectivity index (χ1) is 11.6. The van der Waals surface area contributed by atoms with Crippen LogP contribution in [0.3, 0.4) is 0 Å². The summed E-state index contributed by atoms with van der Waals surface area (Å²) in [7, 11) is 1.65. The molecule has 2 rings (SSSR count). The zero-order valence-electron chi connectivity index (χ0n) is 13.9. The van der Waals surface area contributed by atoms with Crippen LogP contribution in [0.25, 0.3) is 0 Å². The largest absolute Gasteiger partial charge is 0.497 e. The van der Waals surface area contributed by atoms with Crippen molar-refractivity contribution in [2.45, 2.75) is 19.5 Å². The molecule has 0 fully saturated rings. The normalized spacial score (nSPS) is 10.8. The van der Waals surface area contributed by atoms with E-state index < -0.39 is 0 Å². The van der Waals surface area contributed by atoms with Crippen LogP contribution in [0.1, 0.15) is 17.5 Å². The molecule has 0 saturated heterocycles. The lowest BCUT2D eigenvalue weighted by Crippen LogP contribution is -2.25. The van der Waals surface area contributed by atoms with Crippen LogP contribution < -0.4 is 10.5 Å². The van der Waals surface area contributed by atoms with Crippen LogP contribution in [-0.4, -0.2) is 30.0 Å². The first-order valence-electron chi connectivity index (χ1n) is 7.91. The van der Waals surface area contributed by atoms with E-state index in [2.05, 4.69) is 4.90 Å². The van der Waals surface area contributed by atoms with Crippen molar-refractivity contribution in [3.63, 3.8) is 0 Å². The van der Waals surface area contributed by atoms with Gasteiger partial charge in [0.25, 0.3) is 5.69 Å². The quantitative estimate of drug-likeness (QED) is 0.565. The van der Waals surface area contributed by atoms with Gasteiger partial charge in [0.05, 0.1) is 12.0 Å². The molecule has 0 amide bonds. The maximum atomic E-state index is 10.7. The molecular formula is C18H23N3O3. The summed E-state index contributed by atoms with van der Waals surface area (Å²) in [6, 6.07) is 14.7. The number of hydrogen-bond donors (Lipinski definition) is 1. The Labute approximate surface area is 142 Å². The van der Waals surface area contributed by atoms with Gasteiger partial charge in [-0.1, -0.05) is 24.3 Å². The van der Waals surface area contributed by atoms with Crippen LogP contribution in [0.4, 0.5) is 5.69 Å². The van der Waals surface area contributed by atoms with Crippen molar-refractivity contribution >= 4 is 5.69 Å². The van der Waals surface area contributed by atoms with Crippen LogP contribution in [0, 0.1) is 10.1 Å². The standard InChI is InChI=1S/C18H23N3O3/c1-24-18-9-5-16(6-10-18)14-20(12-2-11-19)13-15-3-7-17(8-4-15)21(22)23/h3-10H,2,11-14,19H2,1H3. The molecule has 2 N–H and O–H groups in total. The number of non-ortho nitro benzene ring substituents is 1. The second-order valence-electron chi connectivity index (χ2n) is 5.62. The van der Waals surface area contributed by atoms with E-state index in [0.29, 0.717) is 6.54 Å². The van der Waals surface area contributed by atoms with Gasteiger partial charge in [0.15, 0.2) is 0 Å². The van der Waals surface area contributed by atoms with E-state index in [9.17, 15) is 10.1 Å². The first-order valence-corrected chi connectivity index (χ1v) is 7.91. The average molecular weight is 329 g/mol. The van der Waals surface area contributed by atoms with Crippen molar-refractivity contribution in [3.05, 3.63) is 69.8 Å². The molecule has 0 aromatic heterocycles. The topological polar surface area (TPSA) is 81.6 Å².